The van der Waals surface area contributed by atoms with Crippen molar-refractivity contribution in [1.82, 2.24) is 0 Å². The second-order valence-electron chi connectivity index (χ2n) is 4.26. The van der Waals surface area contributed by atoms with Crippen molar-refractivity contribution >= 4 is 46.7 Å². The number of benzene rings is 1. The minimum absolute atomic E-state index is 0.283. The number of anilines is 1. The lowest BCUT2D eigenvalue weighted by Gasteiger charge is -2.14. The summed E-state index contributed by atoms with van der Waals surface area (Å²) in [5.41, 5.74) is 0.613. The number of rotatable bonds is 4. The van der Waals surface area contributed by atoms with Crippen LogP contribution in [0.4, 0.5) is 5.69 Å². The summed E-state index contributed by atoms with van der Waals surface area (Å²) in [6, 6.07) is 5.85. The van der Waals surface area contributed by atoms with Gasteiger partial charge in [0, 0.05) is 0 Å². The molecule has 0 spiro atoms. The zero-order valence-corrected chi connectivity index (χ0v) is 12.6. The highest BCUT2D eigenvalue weighted by molar-refractivity contribution is 6.62. The standard InChI is InChI=1S/C14H11Cl2NO4/c1-2-7-21-14(20)8-3-5-9(6-4-8)17-12(18)10(15)11(16)13(17)19/h3-6H,2,7H2,1H3. The fourth-order valence-corrected chi connectivity index (χ4v) is 2.07. The van der Waals surface area contributed by atoms with Gasteiger partial charge in [0.2, 0.25) is 0 Å². The van der Waals surface area contributed by atoms with Crippen LogP contribution in [0.25, 0.3) is 0 Å². The Morgan fingerprint density at radius 2 is 1.62 bits per heavy atom. The summed E-state index contributed by atoms with van der Waals surface area (Å²) in [5, 5.41) is -0.624. The van der Waals surface area contributed by atoms with Crippen molar-refractivity contribution in [3.8, 4) is 0 Å². The fourth-order valence-electron chi connectivity index (χ4n) is 1.74. The average molecular weight is 328 g/mol. The lowest BCUT2D eigenvalue weighted by Crippen LogP contribution is -2.30. The van der Waals surface area contributed by atoms with Crippen molar-refractivity contribution in [2.45, 2.75) is 13.3 Å². The summed E-state index contributed by atoms with van der Waals surface area (Å²) in [7, 11) is 0. The van der Waals surface area contributed by atoms with Crippen LogP contribution in [0.5, 0.6) is 0 Å². The molecule has 1 heterocycles. The molecule has 1 aromatic carbocycles. The molecule has 110 valence electrons. The van der Waals surface area contributed by atoms with E-state index in [-0.39, 0.29) is 15.8 Å². The highest BCUT2D eigenvalue weighted by atomic mass is 35.5. The Hall–Kier alpha value is -1.85. The summed E-state index contributed by atoms with van der Waals surface area (Å²) in [6.07, 6.45) is 0.725. The Morgan fingerprint density at radius 1 is 1.10 bits per heavy atom. The van der Waals surface area contributed by atoms with Crippen molar-refractivity contribution in [2.75, 3.05) is 11.5 Å². The smallest absolute Gasteiger partial charge is 0.338 e. The molecule has 0 aliphatic carbocycles. The van der Waals surface area contributed by atoms with Crippen LogP contribution in [0.1, 0.15) is 23.7 Å². The van der Waals surface area contributed by atoms with Gasteiger partial charge in [0.15, 0.2) is 0 Å². The van der Waals surface area contributed by atoms with E-state index in [1.165, 1.54) is 24.3 Å². The maximum Gasteiger partial charge on any atom is 0.338 e. The molecule has 1 aliphatic rings. The molecule has 5 nitrogen and oxygen atoms in total. The molecule has 0 saturated carbocycles. The summed E-state index contributed by atoms with van der Waals surface area (Å²) in [6.45, 7) is 2.22. The lowest BCUT2D eigenvalue weighted by atomic mass is 10.2. The third kappa shape index (κ3) is 2.94. The predicted molar refractivity (Wildman–Crippen MR) is 78.2 cm³/mol. The van der Waals surface area contributed by atoms with E-state index >= 15 is 0 Å². The molecule has 0 atom stereocenters. The van der Waals surface area contributed by atoms with Crippen molar-refractivity contribution in [2.24, 2.45) is 0 Å². The molecule has 2 rings (SSSR count). The van der Waals surface area contributed by atoms with E-state index in [9.17, 15) is 14.4 Å². The average Bonchev–Trinajstić information content (AvgIpc) is 2.69. The molecular weight excluding hydrogens is 317 g/mol. The van der Waals surface area contributed by atoms with Crippen molar-refractivity contribution in [1.29, 1.82) is 0 Å². The van der Waals surface area contributed by atoms with E-state index in [0.29, 0.717) is 12.2 Å². The number of imide groups is 1. The zero-order chi connectivity index (χ0) is 15.6. The van der Waals surface area contributed by atoms with Crippen LogP contribution in [-0.2, 0) is 14.3 Å². The van der Waals surface area contributed by atoms with E-state index in [1.54, 1.807) is 0 Å². The van der Waals surface area contributed by atoms with Crippen LogP contribution in [0, 0.1) is 0 Å². The molecule has 1 aromatic rings. The predicted octanol–water partition coefficient (Wildman–Crippen LogP) is 2.82. The molecule has 0 saturated heterocycles. The first kappa shape index (κ1) is 15.5. The van der Waals surface area contributed by atoms with Crippen LogP contribution in [0.2, 0.25) is 0 Å². The van der Waals surface area contributed by atoms with Crippen molar-refractivity contribution in [3.05, 3.63) is 39.9 Å². The topological polar surface area (TPSA) is 63.7 Å². The Kier molecular flexibility index (Phi) is 4.65. The van der Waals surface area contributed by atoms with Gasteiger partial charge >= 0.3 is 5.97 Å². The van der Waals surface area contributed by atoms with Crippen LogP contribution in [-0.4, -0.2) is 24.4 Å². The zero-order valence-electron chi connectivity index (χ0n) is 11.1. The third-order valence-electron chi connectivity index (χ3n) is 2.77. The van der Waals surface area contributed by atoms with Crippen LogP contribution in [0.3, 0.4) is 0 Å². The highest BCUT2D eigenvalue weighted by Crippen LogP contribution is 2.31. The molecular formula is C14H11Cl2NO4. The number of nitrogens with zero attached hydrogens (tertiary/aromatic N) is 1. The molecule has 0 fully saturated rings. The van der Waals surface area contributed by atoms with Gasteiger partial charge < -0.3 is 4.74 Å². The van der Waals surface area contributed by atoms with E-state index in [4.69, 9.17) is 27.9 Å². The molecule has 0 radical (unpaired) electrons. The van der Waals surface area contributed by atoms with Gasteiger partial charge in [-0.3, -0.25) is 9.59 Å². The van der Waals surface area contributed by atoms with Crippen LogP contribution >= 0.6 is 23.2 Å². The Balaban J connectivity index is 2.19. The van der Waals surface area contributed by atoms with Gasteiger partial charge in [0.25, 0.3) is 11.8 Å². The fraction of sp³-hybridized carbons (Fsp3) is 0.214. The van der Waals surface area contributed by atoms with E-state index in [0.717, 1.165) is 11.3 Å². The number of carbonyl (C=O) groups excluding carboxylic acids is 3. The first-order valence-corrected chi connectivity index (χ1v) is 6.94. The van der Waals surface area contributed by atoms with E-state index in [2.05, 4.69) is 0 Å². The second kappa shape index (κ2) is 6.28. The highest BCUT2D eigenvalue weighted by Gasteiger charge is 2.37. The van der Waals surface area contributed by atoms with Gasteiger partial charge in [-0.25, -0.2) is 9.69 Å². The third-order valence-corrected chi connectivity index (χ3v) is 3.57. The summed E-state index contributed by atoms with van der Waals surface area (Å²) >= 11 is 11.3. The normalized spacial score (nSPS) is 14.9. The van der Waals surface area contributed by atoms with Crippen molar-refractivity contribution in [3.63, 3.8) is 0 Å². The monoisotopic (exact) mass is 327 g/mol. The quantitative estimate of drug-likeness (QED) is 0.630. The SMILES string of the molecule is CCCOC(=O)c1ccc(N2C(=O)C(Cl)=C(Cl)C2=O)cc1. The number of hydrogen-bond acceptors (Lipinski definition) is 4. The van der Waals surface area contributed by atoms with E-state index < -0.39 is 17.8 Å². The van der Waals surface area contributed by atoms with Crippen LogP contribution in [0.15, 0.2) is 34.3 Å². The maximum absolute atomic E-state index is 11.8. The number of amides is 2. The first-order chi connectivity index (χ1) is 9.97. The number of esters is 1. The summed E-state index contributed by atoms with van der Waals surface area (Å²) in [5.74, 6) is -1.84. The van der Waals surface area contributed by atoms with Gasteiger partial charge in [-0.2, -0.15) is 0 Å². The Bertz CT molecular complexity index is 613. The maximum atomic E-state index is 11.8. The van der Waals surface area contributed by atoms with Crippen molar-refractivity contribution < 1.29 is 19.1 Å². The number of hydrogen-bond donors (Lipinski definition) is 0. The van der Waals surface area contributed by atoms with Gasteiger partial charge in [0.05, 0.1) is 17.9 Å². The summed E-state index contributed by atoms with van der Waals surface area (Å²) < 4.78 is 4.98. The van der Waals surface area contributed by atoms with Gasteiger partial charge in [0.1, 0.15) is 10.1 Å². The molecule has 1 aliphatic heterocycles. The minimum atomic E-state index is -0.687. The second-order valence-corrected chi connectivity index (χ2v) is 5.01. The first-order valence-electron chi connectivity index (χ1n) is 6.18. The summed E-state index contributed by atoms with van der Waals surface area (Å²) in [4.78, 5) is 36.2. The molecule has 7 heteroatoms. The van der Waals surface area contributed by atoms with Gasteiger partial charge in [-0.1, -0.05) is 30.1 Å². The van der Waals surface area contributed by atoms with Crippen LogP contribution < -0.4 is 4.90 Å². The molecule has 21 heavy (non-hydrogen) atoms. The van der Waals surface area contributed by atoms with E-state index in [1.807, 2.05) is 6.92 Å². The molecule has 0 aromatic heterocycles. The minimum Gasteiger partial charge on any atom is -0.462 e. The Labute approximate surface area is 131 Å². The van der Waals surface area contributed by atoms with Gasteiger partial charge in [-0.15, -0.1) is 0 Å². The molecule has 0 unspecified atom stereocenters. The molecule has 0 bridgehead atoms. The Morgan fingerprint density at radius 3 is 2.10 bits per heavy atom. The molecule has 2 amide bonds. The molecule has 0 N–H and O–H groups in total. The number of halogens is 2. The largest absolute Gasteiger partial charge is 0.462 e. The lowest BCUT2D eigenvalue weighted by molar-refractivity contribution is -0.120. The van der Waals surface area contributed by atoms with Gasteiger partial charge in [-0.05, 0) is 30.7 Å². The number of ether oxygens (including phenoxy) is 1. The number of carbonyl (C=O) groups is 3.